The summed E-state index contributed by atoms with van der Waals surface area (Å²) in [5, 5.41) is 0. The Kier molecular flexibility index (Phi) is 2.21. The molecule has 0 saturated carbocycles. The van der Waals surface area contributed by atoms with Crippen LogP contribution in [0.3, 0.4) is 0 Å². The molecule has 1 heterocycles. The molecular formula is C6H11F2NO. The lowest BCUT2D eigenvalue weighted by atomic mass is 10.1. The molecule has 1 aliphatic heterocycles. The summed E-state index contributed by atoms with van der Waals surface area (Å²) >= 11 is 0. The fraction of sp³-hybridized carbons (Fsp3) is 1.00. The van der Waals surface area contributed by atoms with Gasteiger partial charge in [-0.05, 0) is 12.8 Å². The van der Waals surface area contributed by atoms with Crippen molar-refractivity contribution in [2.45, 2.75) is 31.4 Å². The van der Waals surface area contributed by atoms with Crippen LogP contribution in [0.25, 0.3) is 0 Å². The van der Waals surface area contributed by atoms with Gasteiger partial charge in [0.15, 0.2) is 0 Å². The van der Waals surface area contributed by atoms with Crippen molar-refractivity contribution in [2.24, 2.45) is 5.73 Å². The van der Waals surface area contributed by atoms with Gasteiger partial charge < -0.3 is 10.5 Å². The molecule has 0 aliphatic carbocycles. The number of rotatable bonds is 2. The van der Waals surface area contributed by atoms with Crippen molar-refractivity contribution in [3.8, 4) is 0 Å². The summed E-state index contributed by atoms with van der Waals surface area (Å²) in [4.78, 5) is 0. The molecular weight excluding hydrogens is 140 g/mol. The Hall–Kier alpha value is -0.220. The first kappa shape index (κ1) is 7.88. The molecule has 0 bridgehead atoms. The van der Waals surface area contributed by atoms with E-state index in [0.29, 0.717) is 13.0 Å². The third-order valence-corrected chi connectivity index (χ3v) is 1.63. The second-order valence-corrected chi connectivity index (χ2v) is 2.61. The fourth-order valence-corrected chi connectivity index (χ4v) is 1.14. The highest BCUT2D eigenvalue weighted by Crippen LogP contribution is 2.25. The topological polar surface area (TPSA) is 35.2 Å². The van der Waals surface area contributed by atoms with Gasteiger partial charge in [0.1, 0.15) is 5.72 Å². The van der Waals surface area contributed by atoms with Crippen LogP contribution in [0, 0.1) is 0 Å². The zero-order chi connectivity index (χ0) is 7.61. The molecule has 0 radical (unpaired) electrons. The van der Waals surface area contributed by atoms with E-state index in [1.807, 2.05) is 0 Å². The maximum atomic E-state index is 11.8. The van der Waals surface area contributed by atoms with Crippen LogP contribution >= 0.6 is 0 Å². The Morgan fingerprint density at radius 1 is 1.60 bits per heavy atom. The second kappa shape index (κ2) is 2.80. The first-order chi connectivity index (χ1) is 4.62. The monoisotopic (exact) mass is 151 g/mol. The van der Waals surface area contributed by atoms with Crippen LogP contribution in [-0.4, -0.2) is 18.8 Å². The number of hydrogen-bond acceptors (Lipinski definition) is 2. The molecule has 0 aromatic carbocycles. The van der Waals surface area contributed by atoms with Gasteiger partial charge in [-0.3, -0.25) is 0 Å². The number of nitrogens with two attached hydrogens (primary N) is 1. The predicted molar refractivity (Wildman–Crippen MR) is 32.7 cm³/mol. The van der Waals surface area contributed by atoms with E-state index in [4.69, 9.17) is 10.5 Å². The molecule has 1 saturated heterocycles. The molecule has 1 atom stereocenters. The average molecular weight is 151 g/mol. The quantitative estimate of drug-likeness (QED) is 0.641. The molecule has 1 rings (SSSR count). The Labute approximate surface area is 58.3 Å². The van der Waals surface area contributed by atoms with E-state index in [1.165, 1.54) is 0 Å². The number of alkyl halides is 2. The van der Waals surface area contributed by atoms with Gasteiger partial charge in [-0.25, -0.2) is 8.78 Å². The minimum atomic E-state index is -2.36. The molecule has 1 unspecified atom stereocenters. The molecule has 0 aromatic rings. The van der Waals surface area contributed by atoms with E-state index in [0.717, 1.165) is 6.42 Å². The summed E-state index contributed by atoms with van der Waals surface area (Å²) in [6, 6.07) is 0. The molecule has 0 aromatic heterocycles. The van der Waals surface area contributed by atoms with Gasteiger partial charge in [0, 0.05) is 6.61 Å². The minimum Gasteiger partial charge on any atom is -0.361 e. The highest BCUT2D eigenvalue weighted by molar-refractivity contribution is 4.78. The normalized spacial score (nSPS) is 33.6. The van der Waals surface area contributed by atoms with Crippen molar-refractivity contribution in [1.82, 2.24) is 0 Å². The smallest absolute Gasteiger partial charge is 0.242 e. The van der Waals surface area contributed by atoms with Crippen LogP contribution in [0.4, 0.5) is 8.78 Å². The lowest BCUT2D eigenvalue weighted by molar-refractivity contribution is -0.0385. The summed E-state index contributed by atoms with van der Waals surface area (Å²) in [7, 11) is 0. The highest BCUT2D eigenvalue weighted by atomic mass is 19.3. The van der Waals surface area contributed by atoms with E-state index in [1.54, 1.807) is 0 Å². The van der Waals surface area contributed by atoms with Gasteiger partial charge in [-0.15, -0.1) is 0 Å². The number of halogens is 2. The van der Waals surface area contributed by atoms with Crippen LogP contribution in [0.1, 0.15) is 19.3 Å². The summed E-state index contributed by atoms with van der Waals surface area (Å²) in [5.41, 5.74) is 4.42. The van der Waals surface area contributed by atoms with Crippen molar-refractivity contribution >= 4 is 0 Å². The van der Waals surface area contributed by atoms with Gasteiger partial charge in [-0.2, -0.15) is 0 Å². The number of ether oxygens (including phenoxy) is 1. The van der Waals surface area contributed by atoms with Crippen molar-refractivity contribution in [2.75, 3.05) is 6.61 Å². The molecule has 60 valence electrons. The predicted octanol–water partition coefficient (Wildman–Crippen LogP) is 1.11. The average Bonchev–Trinajstić information content (AvgIpc) is 2.12. The van der Waals surface area contributed by atoms with Crippen molar-refractivity contribution in [1.29, 1.82) is 0 Å². The molecule has 10 heavy (non-hydrogen) atoms. The third kappa shape index (κ3) is 1.88. The number of hydrogen-bond donors (Lipinski definition) is 1. The molecule has 2 nitrogen and oxygen atoms in total. The second-order valence-electron chi connectivity index (χ2n) is 2.61. The van der Waals surface area contributed by atoms with Crippen LogP contribution in [0.15, 0.2) is 0 Å². The molecule has 1 fully saturated rings. The largest absolute Gasteiger partial charge is 0.361 e. The van der Waals surface area contributed by atoms with Gasteiger partial charge in [-0.1, -0.05) is 0 Å². The lowest BCUT2D eigenvalue weighted by Crippen LogP contribution is -2.40. The fourth-order valence-electron chi connectivity index (χ4n) is 1.14. The Bertz CT molecular complexity index is 112. The Morgan fingerprint density at radius 2 is 2.30 bits per heavy atom. The van der Waals surface area contributed by atoms with E-state index in [2.05, 4.69) is 0 Å². The van der Waals surface area contributed by atoms with Gasteiger partial charge in [0.25, 0.3) is 0 Å². The van der Waals surface area contributed by atoms with Crippen molar-refractivity contribution in [3.63, 3.8) is 0 Å². The van der Waals surface area contributed by atoms with Crippen molar-refractivity contribution in [3.05, 3.63) is 0 Å². The van der Waals surface area contributed by atoms with E-state index in [-0.39, 0.29) is 6.42 Å². The lowest BCUT2D eigenvalue weighted by Gasteiger charge is -2.21. The Morgan fingerprint density at radius 3 is 2.70 bits per heavy atom. The molecule has 0 spiro atoms. The van der Waals surface area contributed by atoms with Crippen LogP contribution in [0.2, 0.25) is 0 Å². The van der Waals surface area contributed by atoms with E-state index >= 15 is 0 Å². The molecule has 0 amide bonds. The highest BCUT2D eigenvalue weighted by Gasteiger charge is 2.33. The van der Waals surface area contributed by atoms with Crippen LogP contribution in [0.5, 0.6) is 0 Å². The summed E-state index contributed by atoms with van der Waals surface area (Å²) in [6.07, 6.45) is -1.35. The SMILES string of the molecule is NC1(CC(F)F)CCCO1. The maximum absolute atomic E-state index is 11.8. The van der Waals surface area contributed by atoms with E-state index < -0.39 is 12.2 Å². The minimum absolute atomic E-state index is 0.340. The summed E-state index contributed by atoms with van der Waals surface area (Å²) in [6.45, 7) is 0.517. The van der Waals surface area contributed by atoms with Gasteiger partial charge >= 0.3 is 0 Å². The van der Waals surface area contributed by atoms with Crippen molar-refractivity contribution < 1.29 is 13.5 Å². The van der Waals surface area contributed by atoms with Gasteiger partial charge in [0.05, 0.1) is 6.42 Å². The zero-order valence-corrected chi connectivity index (χ0v) is 5.65. The van der Waals surface area contributed by atoms with Crippen LogP contribution in [-0.2, 0) is 4.74 Å². The molecule has 1 aliphatic rings. The first-order valence-corrected chi connectivity index (χ1v) is 3.33. The maximum Gasteiger partial charge on any atom is 0.242 e. The van der Waals surface area contributed by atoms with E-state index in [9.17, 15) is 8.78 Å². The molecule has 4 heteroatoms. The summed E-state index contributed by atoms with van der Waals surface area (Å²) in [5.74, 6) is 0. The molecule has 2 N–H and O–H groups in total. The van der Waals surface area contributed by atoms with Gasteiger partial charge in [0.2, 0.25) is 6.43 Å². The standard InChI is InChI=1S/C6H11F2NO/c7-5(8)4-6(9)2-1-3-10-6/h5H,1-4,9H2. The third-order valence-electron chi connectivity index (χ3n) is 1.63. The Balaban J connectivity index is 2.36. The van der Waals surface area contributed by atoms with Crippen LogP contribution < -0.4 is 5.73 Å². The summed E-state index contributed by atoms with van der Waals surface area (Å²) < 4.78 is 28.5. The zero-order valence-electron chi connectivity index (χ0n) is 5.65. The first-order valence-electron chi connectivity index (χ1n) is 3.33.